The molecule has 0 amide bonds. The van der Waals surface area contributed by atoms with Crippen LogP contribution >= 0.6 is 0 Å². The Morgan fingerprint density at radius 1 is 1.24 bits per heavy atom. The first-order valence-electron chi connectivity index (χ1n) is 7.68. The van der Waals surface area contributed by atoms with Crippen LogP contribution in [0, 0.1) is 0 Å². The number of halogens is 7. The minimum Gasteiger partial charge on any atom is -0.382 e. The molecule has 0 radical (unpaired) electrons. The highest BCUT2D eigenvalue weighted by Crippen LogP contribution is 2.49. The van der Waals surface area contributed by atoms with Gasteiger partial charge in [-0.05, 0) is 25.7 Å². The molecule has 0 spiro atoms. The second-order valence-electron chi connectivity index (χ2n) is 6.33. The summed E-state index contributed by atoms with van der Waals surface area (Å²) in [5.41, 5.74) is -2.87. The van der Waals surface area contributed by atoms with Gasteiger partial charge in [-0.25, -0.2) is 8.78 Å². The molecule has 0 saturated heterocycles. The summed E-state index contributed by atoms with van der Waals surface area (Å²) >= 11 is 0. The summed E-state index contributed by atoms with van der Waals surface area (Å²) in [6.45, 7) is -3.02. The molecule has 3 atom stereocenters. The molecule has 11 heteroatoms. The van der Waals surface area contributed by atoms with Crippen LogP contribution in [0.15, 0.2) is 0 Å². The normalized spacial score (nSPS) is 29.2. The molecule has 1 N–H and O–H groups in total. The van der Waals surface area contributed by atoms with E-state index >= 15 is 0 Å². The second kappa shape index (κ2) is 6.11. The van der Waals surface area contributed by atoms with Crippen LogP contribution in [0.3, 0.4) is 0 Å². The molecule has 2 aliphatic rings. The van der Waals surface area contributed by atoms with Crippen LogP contribution in [0.2, 0.25) is 0 Å². The van der Waals surface area contributed by atoms with Crippen molar-refractivity contribution in [2.24, 2.45) is 0 Å². The summed E-state index contributed by atoms with van der Waals surface area (Å²) in [5.74, 6) is -3.73. The summed E-state index contributed by atoms with van der Waals surface area (Å²) in [6, 6.07) is -0.775. The Kier molecular flexibility index (Phi) is 4.51. The van der Waals surface area contributed by atoms with Gasteiger partial charge in [0.1, 0.15) is 6.10 Å². The maximum atomic E-state index is 13.7. The van der Waals surface area contributed by atoms with Crippen molar-refractivity contribution in [3.05, 3.63) is 17.0 Å². The third-order valence-electron chi connectivity index (χ3n) is 4.64. The lowest BCUT2D eigenvalue weighted by atomic mass is 9.92. The first kappa shape index (κ1) is 18.4. The van der Waals surface area contributed by atoms with Gasteiger partial charge in [0.2, 0.25) is 0 Å². The van der Waals surface area contributed by atoms with Crippen LogP contribution in [0.4, 0.5) is 30.7 Å². The van der Waals surface area contributed by atoms with Crippen LogP contribution in [-0.4, -0.2) is 33.5 Å². The van der Waals surface area contributed by atoms with E-state index in [0.29, 0.717) is 19.3 Å². The minimum absolute atomic E-state index is 0.0581. The smallest absolute Gasteiger partial charge is 0.382 e. The lowest BCUT2D eigenvalue weighted by Crippen LogP contribution is -2.29. The maximum absolute atomic E-state index is 13.7. The lowest BCUT2D eigenvalue weighted by Gasteiger charge is -2.30. The predicted molar refractivity (Wildman–Crippen MR) is 69.2 cm³/mol. The highest BCUT2D eigenvalue weighted by atomic mass is 19.4. The summed E-state index contributed by atoms with van der Waals surface area (Å²) in [4.78, 5) is 0. The number of rotatable bonds is 3. The number of fused-ring (bicyclic) bond motifs is 1. The molecule has 1 heterocycles. The molecule has 142 valence electrons. The Bertz CT molecular complexity index is 644. The Hall–Kier alpha value is -1.36. The number of hydrogen-bond acceptors (Lipinski definition) is 3. The average Bonchev–Trinajstić information content (AvgIpc) is 2.94. The first-order valence-corrected chi connectivity index (χ1v) is 7.68. The number of hydrogen-bond donors (Lipinski definition) is 1. The fraction of sp³-hybridized carbons (Fsp3) is 0.786. The molecule has 0 aromatic carbocycles. The van der Waals surface area contributed by atoms with Crippen molar-refractivity contribution < 1.29 is 40.6 Å². The number of nitrogens with zero attached hydrogens (tertiary/aromatic N) is 2. The molecule has 1 fully saturated rings. The molecule has 0 aliphatic heterocycles. The third-order valence-corrected chi connectivity index (χ3v) is 4.64. The summed E-state index contributed by atoms with van der Waals surface area (Å²) in [6.07, 6.45) is -8.64. The lowest BCUT2D eigenvalue weighted by molar-refractivity contribution is -0.172. The Morgan fingerprint density at radius 2 is 1.92 bits per heavy atom. The van der Waals surface area contributed by atoms with Gasteiger partial charge in [0.05, 0.1) is 24.3 Å². The number of aliphatic hydroxyl groups is 1. The zero-order valence-electron chi connectivity index (χ0n) is 12.7. The molecule has 0 unspecified atom stereocenters. The van der Waals surface area contributed by atoms with Gasteiger partial charge in [-0.1, -0.05) is 0 Å². The van der Waals surface area contributed by atoms with E-state index in [2.05, 4.69) is 9.84 Å². The van der Waals surface area contributed by atoms with Gasteiger partial charge in [0, 0.05) is 5.56 Å². The van der Waals surface area contributed by atoms with Gasteiger partial charge in [0.25, 0.3) is 5.92 Å². The van der Waals surface area contributed by atoms with Gasteiger partial charge >= 0.3 is 12.8 Å². The monoisotopic (exact) mass is 376 g/mol. The van der Waals surface area contributed by atoms with E-state index in [1.165, 1.54) is 0 Å². The largest absolute Gasteiger partial charge is 0.435 e. The highest BCUT2D eigenvalue weighted by Gasteiger charge is 2.55. The van der Waals surface area contributed by atoms with Crippen molar-refractivity contribution in [3.8, 4) is 0 Å². The molecule has 0 bridgehead atoms. The third kappa shape index (κ3) is 3.35. The Balaban J connectivity index is 1.97. The number of aliphatic hydroxyl groups excluding tert-OH is 1. The van der Waals surface area contributed by atoms with E-state index in [-0.39, 0.29) is 6.42 Å². The topological polar surface area (TPSA) is 47.3 Å². The van der Waals surface area contributed by atoms with Gasteiger partial charge in [0.15, 0.2) is 5.69 Å². The van der Waals surface area contributed by atoms with Crippen molar-refractivity contribution in [1.82, 2.24) is 9.78 Å². The summed E-state index contributed by atoms with van der Waals surface area (Å²) < 4.78 is 96.9. The molecule has 1 saturated carbocycles. The van der Waals surface area contributed by atoms with Crippen molar-refractivity contribution in [2.75, 3.05) is 0 Å². The average molecular weight is 376 g/mol. The van der Waals surface area contributed by atoms with Crippen LogP contribution in [-0.2, 0) is 17.3 Å². The van der Waals surface area contributed by atoms with Crippen LogP contribution in [0.5, 0.6) is 0 Å². The predicted octanol–water partition coefficient (Wildman–Crippen LogP) is 3.85. The van der Waals surface area contributed by atoms with Crippen molar-refractivity contribution in [1.29, 1.82) is 0 Å². The number of ether oxygens (including phenoxy) is 1. The Morgan fingerprint density at radius 3 is 2.52 bits per heavy atom. The van der Waals surface area contributed by atoms with E-state index in [4.69, 9.17) is 0 Å². The Labute approximate surface area is 137 Å². The van der Waals surface area contributed by atoms with Crippen LogP contribution < -0.4 is 0 Å². The molecule has 1 aromatic rings. The fourth-order valence-corrected chi connectivity index (χ4v) is 3.60. The van der Waals surface area contributed by atoms with Gasteiger partial charge in [-0.2, -0.15) is 27.1 Å². The van der Waals surface area contributed by atoms with Gasteiger partial charge in [-0.15, -0.1) is 0 Å². The van der Waals surface area contributed by atoms with Crippen molar-refractivity contribution in [2.45, 2.75) is 69.1 Å². The minimum atomic E-state index is -5.01. The van der Waals surface area contributed by atoms with Gasteiger partial charge < -0.3 is 9.84 Å². The highest BCUT2D eigenvalue weighted by molar-refractivity contribution is 5.38. The van der Waals surface area contributed by atoms with Crippen molar-refractivity contribution >= 4 is 0 Å². The second-order valence-corrected chi connectivity index (χ2v) is 6.33. The summed E-state index contributed by atoms with van der Waals surface area (Å²) in [5, 5.41) is 13.0. The molecular formula is C14H15F7N2O2. The zero-order chi connectivity index (χ0) is 18.6. The summed E-state index contributed by atoms with van der Waals surface area (Å²) in [7, 11) is 0. The molecule has 25 heavy (non-hydrogen) atoms. The van der Waals surface area contributed by atoms with E-state index in [0.717, 1.165) is 4.68 Å². The van der Waals surface area contributed by atoms with Gasteiger partial charge in [-0.3, -0.25) is 4.68 Å². The molecule has 3 rings (SSSR count). The quantitative estimate of drug-likeness (QED) is 0.816. The fourth-order valence-electron chi connectivity index (χ4n) is 3.60. The van der Waals surface area contributed by atoms with E-state index in [1.54, 1.807) is 0 Å². The van der Waals surface area contributed by atoms with Crippen LogP contribution in [0.25, 0.3) is 0 Å². The SMILES string of the molecule is O[C@H]1c2c(C(F)(F)F)nn([C@@H]3CCC[C@H](OC(F)F)C3)c2CC1(F)F. The van der Waals surface area contributed by atoms with E-state index in [1.807, 2.05) is 0 Å². The molecule has 1 aromatic heterocycles. The van der Waals surface area contributed by atoms with E-state index in [9.17, 15) is 35.8 Å². The van der Waals surface area contributed by atoms with E-state index < -0.39 is 60.3 Å². The molecule has 2 aliphatic carbocycles. The molecular weight excluding hydrogens is 361 g/mol. The first-order chi connectivity index (χ1) is 11.5. The number of aromatic nitrogens is 2. The maximum Gasteiger partial charge on any atom is 0.435 e. The zero-order valence-corrected chi connectivity index (χ0v) is 12.7. The van der Waals surface area contributed by atoms with Crippen LogP contribution in [0.1, 0.15) is 54.8 Å². The standard InChI is InChI=1S/C14H15F7N2O2/c15-12(16)25-7-3-1-2-6(4-7)23-8-5-13(17,18)11(24)9(8)10(22-23)14(19,20)21/h6-7,11-12,24H,1-5H2/t6-,7+,11+/m1/s1. The number of alkyl halides is 7. The molecule has 4 nitrogen and oxygen atoms in total. The van der Waals surface area contributed by atoms with Crippen molar-refractivity contribution in [3.63, 3.8) is 0 Å².